The summed E-state index contributed by atoms with van der Waals surface area (Å²) in [6.07, 6.45) is 4.10. The lowest BCUT2D eigenvalue weighted by Crippen LogP contribution is -2.49. The zero-order valence-corrected chi connectivity index (χ0v) is 25.6. The molecule has 4 heterocycles. The molecule has 0 saturated carbocycles. The van der Waals surface area contributed by atoms with E-state index < -0.39 is 0 Å². The van der Waals surface area contributed by atoms with E-state index in [9.17, 15) is 20.1 Å². The predicted octanol–water partition coefficient (Wildman–Crippen LogP) is 4.80. The minimum Gasteiger partial charge on any atom is -0.355 e. The lowest BCUT2D eigenvalue weighted by atomic mass is 9.91. The van der Waals surface area contributed by atoms with Crippen molar-refractivity contribution in [3.05, 3.63) is 71.8 Å². The Morgan fingerprint density at radius 1 is 0.956 bits per heavy atom. The van der Waals surface area contributed by atoms with Gasteiger partial charge >= 0.3 is 0 Å². The minimum atomic E-state index is -0.186. The summed E-state index contributed by atoms with van der Waals surface area (Å²) in [5, 5.41) is 29.1. The molecule has 10 heteroatoms. The van der Waals surface area contributed by atoms with Gasteiger partial charge in [0.05, 0.1) is 23.4 Å². The molecule has 3 aliphatic rings. The smallest absolute Gasteiger partial charge is 0.260 e. The van der Waals surface area contributed by atoms with Gasteiger partial charge in [0.1, 0.15) is 23.3 Å². The molecule has 228 valence electrons. The van der Waals surface area contributed by atoms with E-state index in [4.69, 9.17) is 10.2 Å². The second-order valence-electron chi connectivity index (χ2n) is 11.3. The van der Waals surface area contributed by atoms with Crippen molar-refractivity contribution >= 4 is 39.9 Å². The second kappa shape index (κ2) is 13.9. The molecule has 0 bridgehead atoms. The molecule has 2 amide bonds. The van der Waals surface area contributed by atoms with E-state index in [1.807, 2.05) is 42.5 Å². The van der Waals surface area contributed by atoms with Gasteiger partial charge in [-0.1, -0.05) is 43.0 Å². The van der Waals surface area contributed by atoms with E-state index in [1.54, 1.807) is 15.9 Å². The molecule has 2 saturated heterocycles. The molecule has 1 aromatic heterocycles. The van der Waals surface area contributed by atoms with Gasteiger partial charge in [-0.15, -0.1) is 0 Å². The number of fused-ring (bicyclic) bond motifs is 2. The summed E-state index contributed by atoms with van der Waals surface area (Å²) in [6, 6.07) is 20.4. The van der Waals surface area contributed by atoms with Crippen LogP contribution < -0.4 is 14.7 Å². The number of nitriles is 3. The Morgan fingerprint density at radius 3 is 2.29 bits per heavy atom. The molecule has 0 unspecified atom stereocenters. The number of benzene rings is 2. The molecule has 0 N–H and O–H groups in total. The summed E-state index contributed by atoms with van der Waals surface area (Å²) in [4.78, 5) is 39.6. The van der Waals surface area contributed by atoms with E-state index >= 15 is 0 Å². The minimum absolute atomic E-state index is 0.0914. The van der Waals surface area contributed by atoms with Crippen molar-refractivity contribution in [1.82, 2.24) is 9.88 Å². The Labute approximate surface area is 264 Å². The molecule has 6 rings (SSSR count). The first-order valence-electron chi connectivity index (χ1n) is 15.3. The van der Waals surface area contributed by atoms with Gasteiger partial charge in [0.2, 0.25) is 5.91 Å². The third kappa shape index (κ3) is 6.16. The van der Waals surface area contributed by atoms with Gasteiger partial charge < -0.3 is 19.6 Å². The number of anilines is 3. The molecule has 10 nitrogen and oxygen atoms in total. The maximum atomic E-state index is 14.4. The van der Waals surface area contributed by atoms with E-state index in [0.29, 0.717) is 81.5 Å². The lowest BCUT2D eigenvalue weighted by molar-refractivity contribution is -0.126. The SMILES string of the molecule is C=CC(=O)N1CCN(c2nc(N3CCC(CC#N)CC3)c(C#N)c3c2CCN(c2cccc4ccccc24)C3=O)CC1.CC#N. The van der Waals surface area contributed by atoms with Crippen LogP contribution in [0, 0.1) is 39.9 Å². The Balaban J connectivity index is 0.00000128. The molecule has 0 spiro atoms. The highest BCUT2D eigenvalue weighted by atomic mass is 16.2. The lowest BCUT2D eigenvalue weighted by Gasteiger charge is -2.39. The third-order valence-electron chi connectivity index (χ3n) is 8.83. The maximum Gasteiger partial charge on any atom is 0.260 e. The van der Waals surface area contributed by atoms with Crippen LogP contribution in [-0.2, 0) is 11.2 Å². The maximum absolute atomic E-state index is 14.4. The second-order valence-corrected chi connectivity index (χ2v) is 11.3. The number of aromatic nitrogens is 1. The van der Waals surface area contributed by atoms with Crippen LogP contribution in [0.4, 0.5) is 17.3 Å². The Hall–Kier alpha value is -5.40. The fraction of sp³-hybridized carbons (Fsp3) is 0.371. The number of piperidine rings is 1. The highest BCUT2D eigenvalue weighted by Gasteiger charge is 2.37. The fourth-order valence-electron chi connectivity index (χ4n) is 6.55. The van der Waals surface area contributed by atoms with Gasteiger partial charge in [0.25, 0.3) is 5.91 Å². The van der Waals surface area contributed by atoms with Crippen LogP contribution in [0.25, 0.3) is 10.8 Å². The van der Waals surface area contributed by atoms with Crippen molar-refractivity contribution < 1.29 is 9.59 Å². The van der Waals surface area contributed by atoms with Gasteiger partial charge in [-0.25, -0.2) is 4.98 Å². The summed E-state index contributed by atoms with van der Waals surface area (Å²) in [6.45, 7) is 9.10. The van der Waals surface area contributed by atoms with E-state index in [0.717, 1.165) is 40.7 Å². The Kier molecular flexibility index (Phi) is 9.61. The molecular formula is C35H36N8O2. The van der Waals surface area contributed by atoms with Crippen LogP contribution in [0.15, 0.2) is 55.1 Å². The van der Waals surface area contributed by atoms with Crippen LogP contribution in [0.2, 0.25) is 0 Å². The monoisotopic (exact) mass is 600 g/mol. The van der Waals surface area contributed by atoms with Crippen molar-refractivity contribution in [2.75, 3.05) is 60.5 Å². The van der Waals surface area contributed by atoms with Gasteiger partial charge in [0, 0.05) is 70.1 Å². The van der Waals surface area contributed by atoms with Crippen molar-refractivity contribution in [1.29, 1.82) is 15.8 Å². The summed E-state index contributed by atoms with van der Waals surface area (Å²) in [5.41, 5.74) is 2.39. The van der Waals surface area contributed by atoms with E-state index in [-0.39, 0.29) is 11.8 Å². The molecule has 3 aromatic rings. The van der Waals surface area contributed by atoms with Crippen LogP contribution in [0.5, 0.6) is 0 Å². The molecule has 2 fully saturated rings. The summed E-state index contributed by atoms with van der Waals surface area (Å²) >= 11 is 0. The summed E-state index contributed by atoms with van der Waals surface area (Å²) in [7, 11) is 0. The van der Waals surface area contributed by atoms with E-state index in [1.165, 1.54) is 13.0 Å². The molecule has 0 radical (unpaired) electrons. The van der Waals surface area contributed by atoms with Crippen molar-refractivity contribution in [2.45, 2.75) is 32.6 Å². The number of pyridine rings is 1. The molecule has 3 aliphatic heterocycles. The number of nitrogens with zero attached hydrogens (tertiary/aromatic N) is 8. The van der Waals surface area contributed by atoms with Crippen molar-refractivity contribution in [2.24, 2.45) is 5.92 Å². The van der Waals surface area contributed by atoms with Gasteiger partial charge in [0.15, 0.2) is 0 Å². The zero-order valence-electron chi connectivity index (χ0n) is 25.6. The molecule has 45 heavy (non-hydrogen) atoms. The first-order valence-corrected chi connectivity index (χ1v) is 15.3. The normalized spacial score (nSPS) is 16.5. The average Bonchev–Trinajstić information content (AvgIpc) is 3.08. The van der Waals surface area contributed by atoms with Crippen molar-refractivity contribution in [3.63, 3.8) is 0 Å². The number of hydrogen-bond acceptors (Lipinski definition) is 8. The zero-order chi connectivity index (χ0) is 31.9. The van der Waals surface area contributed by atoms with Crippen molar-refractivity contribution in [3.8, 4) is 18.2 Å². The number of rotatable bonds is 5. The first kappa shape index (κ1) is 31.0. The quantitative estimate of drug-likeness (QED) is 0.382. The predicted molar refractivity (Wildman–Crippen MR) is 174 cm³/mol. The summed E-state index contributed by atoms with van der Waals surface area (Å²) < 4.78 is 0. The number of carbonyl (C=O) groups excluding carboxylic acids is 2. The third-order valence-corrected chi connectivity index (χ3v) is 8.83. The number of piperazine rings is 1. The highest BCUT2D eigenvalue weighted by Crippen LogP contribution is 2.39. The fourth-order valence-corrected chi connectivity index (χ4v) is 6.55. The van der Waals surface area contributed by atoms with E-state index in [2.05, 4.69) is 28.5 Å². The van der Waals surface area contributed by atoms with Crippen LogP contribution in [0.3, 0.4) is 0 Å². The number of hydrogen-bond donors (Lipinski definition) is 0. The molecule has 0 aliphatic carbocycles. The molecule has 0 atom stereocenters. The number of carbonyl (C=O) groups is 2. The first-order chi connectivity index (χ1) is 21.9. The van der Waals surface area contributed by atoms with Gasteiger partial charge in [-0.05, 0) is 42.7 Å². The Morgan fingerprint density at radius 2 is 1.62 bits per heavy atom. The van der Waals surface area contributed by atoms with Crippen LogP contribution in [0.1, 0.15) is 47.7 Å². The largest absolute Gasteiger partial charge is 0.355 e. The highest BCUT2D eigenvalue weighted by molar-refractivity contribution is 6.14. The summed E-state index contributed by atoms with van der Waals surface area (Å²) in [5.74, 6) is 1.32. The number of amides is 2. The van der Waals surface area contributed by atoms with Gasteiger partial charge in [-0.2, -0.15) is 15.8 Å². The topological polar surface area (TPSA) is 131 Å². The average molecular weight is 601 g/mol. The molecule has 2 aromatic carbocycles. The Bertz CT molecular complexity index is 1730. The van der Waals surface area contributed by atoms with Gasteiger partial charge in [-0.3, -0.25) is 9.59 Å². The molecular weight excluding hydrogens is 564 g/mol. The van der Waals surface area contributed by atoms with Crippen LogP contribution >= 0.6 is 0 Å². The standard InChI is InChI=1S/C33H33N7O2.C2H3N/c1-2-29(41)37-18-20-39(21-19-37)31-26-13-17-40(28-9-5-7-24-6-3-4-8-25(24)28)33(42)30(26)27(22-35)32(36-31)38-15-11-23(10-14-34)12-16-38;1-2-3/h2-9,23H,1,10-13,15-21H2;1H3. The van der Waals surface area contributed by atoms with Crippen LogP contribution in [-0.4, -0.2) is 67.5 Å².